The van der Waals surface area contributed by atoms with Crippen molar-refractivity contribution in [1.29, 1.82) is 0 Å². The van der Waals surface area contributed by atoms with E-state index in [1.807, 2.05) is 6.92 Å². The molecule has 1 saturated heterocycles. The molecule has 0 aliphatic carbocycles. The van der Waals surface area contributed by atoms with Gasteiger partial charge in [-0.05, 0) is 32.1 Å². The van der Waals surface area contributed by atoms with E-state index in [0.717, 1.165) is 31.4 Å². The van der Waals surface area contributed by atoms with Crippen molar-refractivity contribution in [2.45, 2.75) is 64.3 Å². The van der Waals surface area contributed by atoms with Crippen LogP contribution in [0.5, 0.6) is 0 Å². The number of piperidine rings is 1. The van der Waals surface area contributed by atoms with Gasteiger partial charge in [0, 0.05) is 31.0 Å². The van der Waals surface area contributed by atoms with Gasteiger partial charge in [0.05, 0.1) is 5.69 Å². The fraction of sp³-hybridized carbons (Fsp3) is 0.688. The first-order chi connectivity index (χ1) is 10.5. The van der Waals surface area contributed by atoms with Crippen molar-refractivity contribution in [3.63, 3.8) is 0 Å². The van der Waals surface area contributed by atoms with E-state index in [-0.39, 0.29) is 30.0 Å². The topological polar surface area (TPSA) is 83.6 Å². The molecule has 1 aliphatic rings. The monoisotopic (exact) mass is 308 g/mol. The first kappa shape index (κ1) is 16.5. The lowest BCUT2D eigenvalue weighted by Crippen LogP contribution is -2.43. The van der Waals surface area contributed by atoms with Crippen molar-refractivity contribution in [1.82, 2.24) is 10.1 Å². The molecule has 0 bridgehead atoms. The Morgan fingerprint density at radius 1 is 1.50 bits per heavy atom. The highest BCUT2D eigenvalue weighted by Crippen LogP contribution is 2.25. The van der Waals surface area contributed by atoms with Gasteiger partial charge >= 0.3 is 5.97 Å². The summed E-state index contributed by atoms with van der Waals surface area (Å²) in [6.07, 6.45) is 4.34. The van der Waals surface area contributed by atoms with Gasteiger partial charge in [-0.25, -0.2) is 0 Å². The van der Waals surface area contributed by atoms with Crippen LogP contribution in [0.25, 0.3) is 0 Å². The second-order valence-electron chi connectivity index (χ2n) is 6.01. The number of rotatable bonds is 6. The average Bonchev–Trinajstić information content (AvgIpc) is 3.01. The molecule has 6 nitrogen and oxygen atoms in total. The third-order valence-corrected chi connectivity index (χ3v) is 4.44. The van der Waals surface area contributed by atoms with Crippen LogP contribution in [-0.4, -0.2) is 39.6 Å². The van der Waals surface area contributed by atoms with Crippen LogP contribution >= 0.6 is 0 Å². The number of hydrogen-bond donors (Lipinski definition) is 1. The molecular formula is C16H24N2O4. The minimum atomic E-state index is -0.823. The van der Waals surface area contributed by atoms with Gasteiger partial charge in [-0.1, -0.05) is 19.0 Å². The Balaban J connectivity index is 2.08. The molecule has 2 heterocycles. The highest BCUT2D eigenvalue weighted by Gasteiger charge is 2.30. The third kappa shape index (κ3) is 3.87. The normalized spacial score (nSPS) is 19.9. The maximum absolute atomic E-state index is 12.6. The van der Waals surface area contributed by atoms with Gasteiger partial charge in [-0.15, -0.1) is 0 Å². The fourth-order valence-electron chi connectivity index (χ4n) is 2.83. The average molecular weight is 308 g/mol. The lowest BCUT2D eigenvalue weighted by Gasteiger charge is -2.34. The number of carbonyl (C=O) groups is 2. The van der Waals surface area contributed by atoms with Crippen molar-refractivity contribution in [3.05, 3.63) is 17.5 Å². The Morgan fingerprint density at radius 2 is 2.27 bits per heavy atom. The van der Waals surface area contributed by atoms with Gasteiger partial charge in [0.25, 0.3) is 5.91 Å². The van der Waals surface area contributed by atoms with Crippen molar-refractivity contribution >= 4 is 11.9 Å². The molecule has 1 aromatic rings. The first-order valence-electron chi connectivity index (χ1n) is 8.02. The zero-order valence-corrected chi connectivity index (χ0v) is 13.2. The number of carboxylic acid groups (broad SMARTS) is 1. The van der Waals surface area contributed by atoms with Gasteiger partial charge < -0.3 is 14.5 Å². The summed E-state index contributed by atoms with van der Waals surface area (Å²) in [6.45, 7) is 4.76. The van der Waals surface area contributed by atoms with Crippen molar-refractivity contribution in [3.8, 4) is 0 Å². The van der Waals surface area contributed by atoms with Crippen LogP contribution in [0.15, 0.2) is 10.6 Å². The zero-order valence-electron chi connectivity index (χ0n) is 13.2. The second-order valence-corrected chi connectivity index (χ2v) is 6.01. The molecule has 1 aliphatic heterocycles. The molecule has 0 saturated carbocycles. The molecule has 1 aromatic heterocycles. The molecule has 6 heteroatoms. The number of carboxylic acids is 1. The smallest absolute Gasteiger partial charge is 0.303 e. The summed E-state index contributed by atoms with van der Waals surface area (Å²) in [5.74, 6) is -0.471. The molecule has 0 aromatic carbocycles. The quantitative estimate of drug-likeness (QED) is 0.873. The van der Waals surface area contributed by atoms with E-state index in [2.05, 4.69) is 12.1 Å². The van der Waals surface area contributed by atoms with E-state index < -0.39 is 5.97 Å². The Bertz CT molecular complexity index is 526. The van der Waals surface area contributed by atoms with Crippen LogP contribution in [-0.2, 0) is 4.79 Å². The summed E-state index contributed by atoms with van der Waals surface area (Å²) in [5, 5.41) is 12.8. The number of aromatic nitrogens is 1. The van der Waals surface area contributed by atoms with Crippen LogP contribution in [0.4, 0.5) is 0 Å². The SMILES string of the molecule is CC[C@@H](C)c1cc(C(=O)N2CCCC[C@@H]2CCC(=O)O)on1. The molecule has 1 fully saturated rings. The van der Waals surface area contributed by atoms with Gasteiger partial charge in [0.1, 0.15) is 0 Å². The van der Waals surface area contributed by atoms with Gasteiger partial charge in [0.15, 0.2) is 0 Å². The Morgan fingerprint density at radius 3 is 2.95 bits per heavy atom. The molecule has 22 heavy (non-hydrogen) atoms. The zero-order chi connectivity index (χ0) is 16.1. The third-order valence-electron chi connectivity index (χ3n) is 4.44. The largest absolute Gasteiger partial charge is 0.481 e. The summed E-state index contributed by atoms with van der Waals surface area (Å²) < 4.78 is 5.22. The number of aliphatic carboxylic acids is 1. The van der Waals surface area contributed by atoms with Crippen molar-refractivity contribution < 1.29 is 19.2 Å². The van der Waals surface area contributed by atoms with Gasteiger partial charge in [0.2, 0.25) is 5.76 Å². The van der Waals surface area contributed by atoms with E-state index in [1.165, 1.54) is 0 Å². The summed E-state index contributed by atoms with van der Waals surface area (Å²) >= 11 is 0. The Kier molecular flexibility index (Phi) is 5.57. The first-order valence-corrected chi connectivity index (χ1v) is 8.02. The number of hydrogen-bond acceptors (Lipinski definition) is 4. The van der Waals surface area contributed by atoms with E-state index in [0.29, 0.717) is 13.0 Å². The highest BCUT2D eigenvalue weighted by atomic mass is 16.5. The van der Waals surface area contributed by atoms with E-state index >= 15 is 0 Å². The molecule has 0 radical (unpaired) electrons. The summed E-state index contributed by atoms with van der Waals surface area (Å²) in [6, 6.07) is 1.70. The van der Waals surface area contributed by atoms with Crippen LogP contribution in [0.3, 0.4) is 0 Å². The van der Waals surface area contributed by atoms with Gasteiger partial charge in [-0.3, -0.25) is 9.59 Å². The number of likely N-dealkylation sites (tertiary alicyclic amines) is 1. The number of amides is 1. The summed E-state index contributed by atoms with van der Waals surface area (Å²) in [4.78, 5) is 25.1. The molecule has 0 spiro atoms. The molecule has 122 valence electrons. The molecule has 2 atom stereocenters. The predicted octanol–water partition coefficient (Wildman–Crippen LogP) is 3.05. The van der Waals surface area contributed by atoms with Crippen molar-refractivity contribution in [2.75, 3.05) is 6.54 Å². The van der Waals surface area contributed by atoms with E-state index in [1.54, 1.807) is 11.0 Å². The van der Waals surface area contributed by atoms with Crippen molar-refractivity contribution in [2.24, 2.45) is 0 Å². The Labute approximate surface area is 130 Å². The Hall–Kier alpha value is -1.85. The molecule has 2 rings (SSSR count). The predicted molar refractivity (Wildman–Crippen MR) is 80.8 cm³/mol. The van der Waals surface area contributed by atoms with E-state index in [4.69, 9.17) is 9.63 Å². The second kappa shape index (κ2) is 7.42. The molecule has 0 unspecified atom stereocenters. The fourth-order valence-corrected chi connectivity index (χ4v) is 2.83. The summed E-state index contributed by atoms with van der Waals surface area (Å²) in [7, 11) is 0. The van der Waals surface area contributed by atoms with Crippen LogP contribution in [0.1, 0.15) is 74.5 Å². The molecule has 1 N–H and O–H groups in total. The summed E-state index contributed by atoms with van der Waals surface area (Å²) in [5.41, 5.74) is 0.796. The number of nitrogens with zero attached hydrogens (tertiary/aromatic N) is 2. The minimum absolute atomic E-state index is 0.0190. The molecular weight excluding hydrogens is 284 g/mol. The van der Waals surface area contributed by atoms with E-state index in [9.17, 15) is 9.59 Å². The minimum Gasteiger partial charge on any atom is -0.481 e. The van der Waals surface area contributed by atoms with Gasteiger partial charge in [-0.2, -0.15) is 0 Å². The van der Waals surface area contributed by atoms with Crippen LogP contribution in [0, 0.1) is 0 Å². The lowest BCUT2D eigenvalue weighted by molar-refractivity contribution is -0.137. The maximum atomic E-state index is 12.6. The lowest BCUT2D eigenvalue weighted by atomic mass is 9.97. The molecule has 1 amide bonds. The highest BCUT2D eigenvalue weighted by molar-refractivity contribution is 5.91. The van der Waals surface area contributed by atoms with Crippen LogP contribution in [0.2, 0.25) is 0 Å². The number of carbonyl (C=O) groups excluding carboxylic acids is 1. The van der Waals surface area contributed by atoms with Crippen LogP contribution < -0.4 is 0 Å². The maximum Gasteiger partial charge on any atom is 0.303 e. The standard InChI is InChI=1S/C16H24N2O4/c1-3-11(2)13-10-14(22-17-13)16(21)18-9-5-4-6-12(18)7-8-15(19)20/h10-12H,3-9H2,1-2H3,(H,19,20)/t11-,12-/m1/s1.